The van der Waals surface area contributed by atoms with Crippen LogP contribution in [-0.2, 0) is 22.6 Å². The van der Waals surface area contributed by atoms with Crippen LogP contribution in [0.25, 0.3) is 0 Å². The average molecular weight is 547 g/mol. The molecule has 202 valence electrons. The molecule has 3 heterocycles. The van der Waals surface area contributed by atoms with Crippen LogP contribution in [0.15, 0.2) is 77.7 Å². The standard InChI is InChI=1S/C29H30N4O5S/c1-18-8-6-7-11-21(18)16-33-28(38)25-29(33,2)39-17-32(25)27(37)24(35)22(14-19-9-4-3-5-10-19)31-26(36)20-12-13-23(34)30-15-20/h3-13,15,22,24-25,35H,14,16-17H2,1-2H3,(H,30,34)(H,31,36)/t22-,24-,25+,29?/m0/s1. The lowest BCUT2D eigenvalue weighted by atomic mass is 9.91. The summed E-state index contributed by atoms with van der Waals surface area (Å²) in [5.41, 5.74) is 2.80. The van der Waals surface area contributed by atoms with Crippen LogP contribution in [-0.4, -0.2) is 66.5 Å². The number of hydrogen-bond donors (Lipinski definition) is 3. The zero-order chi connectivity index (χ0) is 27.7. The molecule has 3 aromatic rings. The number of aromatic nitrogens is 1. The molecular weight excluding hydrogens is 516 g/mol. The Bertz CT molecular complexity index is 1440. The molecule has 3 N–H and O–H groups in total. The van der Waals surface area contributed by atoms with E-state index in [2.05, 4.69) is 10.3 Å². The van der Waals surface area contributed by atoms with Gasteiger partial charge in [-0.25, -0.2) is 0 Å². The third kappa shape index (κ3) is 5.09. The molecule has 2 saturated heterocycles. The number of rotatable bonds is 8. The number of carbonyl (C=O) groups is 3. The number of nitrogens with zero attached hydrogens (tertiary/aromatic N) is 2. The van der Waals surface area contributed by atoms with Crippen LogP contribution < -0.4 is 10.9 Å². The van der Waals surface area contributed by atoms with E-state index < -0.39 is 34.9 Å². The fraction of sp³-hybridized carbons (Fsp3) is 0.310. The smallest absolute Gasteiger partial charge is 0.255 e. The maximum Gasteiger partial charge on any atom is 0.255 e. The maximum atomic E-state index is 13.6. The zero-order valence-corrected chi connectivity index (χ0v) is 22.5. The number of nitrogens with one attached hydrogen (secondary N) is 2. The lowest BCUT2D eigenvalue weighted by Crippen LogP contribution is -2.73. The molecule has 2 aliphatic heterocycles. The van der Waals surface area contributed by atoms with Gasteiger partial charge in [-0.1, -0.05) is 54.6 Å². The fourth-order valence-corrected chi connectivity index (χ4v) is 6.54. The second-order valence-electron chi connectivity index (χ2n) is 10.0. The highest BCUT2D eigenvalue weighted by atomic mass is 32.2. The SMILES string of the molecule is Cc1ccccc1CN1C(=O)[C@H]2N(C(=O)[C@@H](O)[C@H](Cc3ccccc3)NC(=O)c3ccc(=O)[nH]c3)CSC21C. The van der Waals surface area contributed by atoms with Crippen molar-refractivity contribution in [2.75, 3.05) is 5.88 Å². The van der Waals surface area contributed by atoms with Gasteiger partial charge in [0.15, 0.2) is 6.10 Å². The summed E-state index contributed by atoms with van der Waals surface area (Å²) in [5.74, 6) is -1.06. The third-order valence-electron chi connectivity index (χ3n) is 7.52. The number of benzene rings is 2. The van der Waals surface area contributed by atoms with Crippen molar-refractivity contribution in [2.24, 2.45) is 0 Å². The Kier molecular flexibility index (Phi) is 7.33. The van der Waals surface area contributed by atoms with Crippen LogP contribution in [0.1, 0.15) is 34.0 Å². The molecule has 4 atom stereocenters. The summed E-state index contributed by atoms with van der Waals surface area (Å²) in [6, 6.07) is 18.1. The van der Waals surface area contributed by atoms with E-state index >= 15 is 0 Å². The second kappa shape index (κ2) is 10.7. The molecule has 39 heavy (non-hydrogen) atoms. The number of H-pyrrole nitrogens is 1. The van der Waals surface area contributed by atoms with E-state index in [1.807, 2.05) is 68.4 Å². The Morgan fingerprint density at radius 3 is 2.51 bits per heavy atom. The summed E-state index contributed by atoms with van der Waals surface area (Å²) >= 11 is 1.49. The molecule has 5 rings (SSSR count). The van der Waals surface area contributed by atoms with E-state index in [1.54, 1.807) is 4.90 Å². The van der Waals surface area contributed by atoms with Gasteiger partial charge in [-0.2, -0.15) is 0 Å². The van der Waals surface area contributed by atoms with Gasteiger partial charge in [-0.15, -0.1) is 11.8 Å². The predicted octanol–water partition coefficient (Wildman–Crippen LogP) is 2.05. The topological polar surface area (TPSA) is 123 Å². The normalized spacial score (nSPS) is 21.6. The van der Waals surface area contributed by atoms with E-state index in [0.717, 1.165) is 16.7 Å². The summed E-state index contributed by atoms with van der Waals surface area (Å²) in [4.78, 5) is 56.3. The number of aliphatic hydroxyl groups is 1. The lowest BCUT2D eigenvalue weighted by Gasteiger charge is -2.53. The highest BCUT2D eigenvalue weighted by Crippen LogP contribution is 2.51. The van der Waals surface area contributed by atoms with Crippen LogP contribution in [0.5, 0.6) is 0 Å². The number of likely N-dealkylation sites (tertiary alicyclic amines) is 1. The summed E-state index contributed by atoms with van der Waals surface area (Å²) < 4.78 is 0. The number of fused-ring (bicyclic) bond motifs is 1. The van der Waals surface area contributed by atoms with Gasteiger partial charge in [0.05, 0.1) is 17.5 Å². The first-order valence-corrected chi connectivity index (χ1v) is 13.7. The van der Waals surface area contributed by atoms with Crippen molar-refractivity contribution in [1.82, 2.24) is 20.1 Å². The number of aromatic amines is 1. The summed E-state index contributed by atoms with van der Waals surface area (Å²) in [5, 5.41) is 14.0. The lowest BCUT2D eigenvalue weighted by molar-refractivity contribution is -0.168. The minimum absolute atomic E-state index is 0.164. The van der Waals surface area contributed by atoms with Crippen LogP contribution in [0.3, 0.4) is 0 Å². The quantitative estimate of drug-likeness (QED) is 0.372. The molecular formula is C29H30N4O5S. The predicted molar refractivity (Wildman–Crippen MR) is 148 cm³/mol. The highest BCUT2D eigenvalue weighted by Gasteiger charge is 2.65. The van der Waals surface area contributed by atoms with Crippen molar-refractivity contribution in [2.45, 2.75) is 49.9 Å². The first-order chi connectivity index (χ1) is 18.7. The van der Waals surface area contributed by atoms with E-state index in [0.29, 0.717) is 6.54 Å². The van der Waals surface area contributed by atoms with E-state index in [-0.39, 0.29) is 29.3 Å². The molecule has 0 saturated carbocycles. The molecule has 0 bridgehead atoms. The number of β-lactam (4-membered cyclic amide) rings is 1. The average Bonchev–Trinajstić information content (AvgIpc) is 3.25. The fourth-order valence-electron chi connectivity index (χ4n) is 5.17. The Morgan fingerprint density at radius 2 is 1.82 bits per heavy atom. The number of carbonyl (C=O) groups excluding carboxylic acids is 3. The van der Waals surface area contributed by atoms with Crippen molar-refractivity contribution >= 4 is 29.5 Å². The van der Waals surface area contributed by atoms with Crippen molar-refractivity contribution in [3.05, 3.63) is 106 Å². The molecule has 0 radical (unpaired) electrons. The van der Waals surface area contributed by atoms with Gasteiger partial charge in [-0.3, -0.25) is 19.2 Å². The first kappa shape index (κ1) is 26.7. The van der Waals surface area contributed by atoms with Crippen LogP contribution in [0, 0.1) is 6.92 Å². The number of amides is 3. The Morgan fingerprint density at radius 1 is 1.10 bits per heavy atom. The van der Waals surface area contributed by atoms with Gasteiger partial charge < -0.3 is 25.2 Å². The van der Waals surface area contributed by atoms with Gasteiger partial charge in [0.25, 0.3) is 11.8 Å². The van der Waals surface area contributed by atoms with Crippen LogP contribution in [0.4, 0.5) is 0 Å². The van der Waals surface area contributed by atoms with Crippen LogP contribution >= 0.6 is 11.8 Å². The summed E-state index contributed by atoms with van der Waals surface area (Å²) in [7, 11) is 0. The Hall–Kier alpha value is -3.89. The minimum Gasteiger partial charge on any atom is -0.381 e. The molecule has 2 aromatic carbocycles. The number of aryl methyl sites for hydroxylation is 1. The number of pyridine rings is 1. The molecule has 10 heteroatoms. The van der Waals surface area contributed by atoms with Gasteiger partial charge in [-0.05, 0) is 43.0 Å². The number of aliphatic hydroxyl groups excluding tert-OH is 1. The van der Waals surface area contributed by atoms with Gasteiger partial charge >= 0.3 is 0 Å². The van der Waals surface area contributed by atoms with Crippen molar-refractivity contribution in [3.8, 4) is 0 Å². The van der Waals surface area contributed by atoms with Crippen molar-refractivity contribution in [3.63, 3.8) is 0 Å². The second-order valence-corrected chi connectivity index (χ2v) is 11.4. The molecule has 9 nitrogen and oxygen atoms in total. The summed E-state index contributed by atoms with van der Waals surface area (Å²) in [6.07, 6.45) is -0.110. The molecule has 1 aromatic heterocycles. The van der Waals surface area contributed by atoms with Crippen molar-refractivity contribution < 1.29 is 19.5 Å². The van der Waals surface area contributed by atoms with E-state index in [1.165, 1.54) is 35.0 Å². The molecule has 1 unspecified atom stereocenters. The highest BCUT2D eigenvalue weighted by molar-refractivity contribution is 8.01. The van der Waals surface area contributed by atoms with Gasteiger partial charge in [0.1, 0.15) is 10.9 Å². The van der Waals surface area contributed by atoms with Crippen LogP contribution in [0.2, 0.25) is 0 Å². The monoisotopic (exact) mass is 546 g/mol. The number of thioether (sulfide) groups is 1. The van der Waals surface area contributed by atoms with Gasteiger partial charge in [0, 0.05) is 18.8 Å². The number of hydrogen-bond acceptors (Lipinski definition) is 6. The van der Waals surface area contributed by atoms with E-state index in [4.69, 9.17) is 0 Å². The molecule has 0 aliphatic carbocycles. The first-order valence-electron chi connectivity index (χ1n) is 12.7. The Labute approximate surface area is 230 Å². The molecule has 2 fully saturated rings. The molecule has 3 amide bonds. The van der Waals surface area contributed by atoms with E-state index in [9.17, 15) is 24.3 Å². The third-order valence-corrected chi connectivity index (χ3v) is 8.95. The summed E-state index contributed by atoms with van der Waals surface area (Å²) in [6.45, 7) is 4.39. The Balaban J connectivity index is 1.34. The van der Waals surface area contributed by atoms with Gasteiger partial charge in [0.2, 0.25) is 11.5 Å². The molecule has 2 aliphatic rings. The maximum absolute atomic E-state index is 13.6. The zero-order valence-electron chi connectivity index (χ0n) is 21.7. The molecule has 0 spiro atoms. The largest absolute Gasteiger partial charge is 0.381 e. The van der Waals surface area contributed by atoms with Crippen molar-refractivity contribution in [1.29, 1.82) is 0 Å². The minimum atomic E-state index is -1.59.